The molecule has 2 aliphatic heterocycles. The smallest absolute Gasteiger partial charge is 0.251 e. The Kier molecular flexibility index (Phi) is 3.69. The Balaban J connectivity index is 1.57. The van der Waals surface area contributed by atoms with Gasteiger partial charge in [-0.1, -0.05) is 0 Å². The molecule has 3 rings (SSSR count). The third-order valence-corrected chi connectivity index (χ3v) is 3.84. The van der Waals surface area contributed by atoms with E-state index < -0.39 is 0 Å². The zero-order valence-corrected chi connectivity index (χ0v) is 11.1. The van der Waals surface area contributed by atoms with Crippen LogP contribution in [0.15, 0.2) is 18.2 Å². The largest absolute Gasteiger partial charge is 0.384 e. The molecule has 0 unspecified atom stereocenters. The number of fused-ring (bicyclic) bond motifs is 1. The summed E-state index contributed by atoms with van der Waals surface area (Å²) in [6.07, 6.45) is 4.58. The van der Waals surface area contributed by atoms with Crippen molar-refractivity contribution in [2.75, 3.05) is 25.0 Å². The number of anilines is 1. The molecule has 0 spiro atoms. The highest BCUT2D eigenvalue weighted by molar-refractivity contribution is 5.95. The van der Waals surface area contributed by atoms with Crippen molar-refractivity contribution in [2.45, 2.75) is 31.8 Å². The number of carbonyl (C=O) groups excluding carboxylic acids is 1. The number of benzene rings is 1. The molecule has 1 fully saturated rings. The molecule has 102 valence electrons. The molecular weight excluding hydrogens is 240 g/mol. The number of ether oxygens (including phenoxy) is 1. The molecule has 1 saturated heterocycles. The monoisotopic (exact) mass is 260 g/mol. The fourth-order valence-corrected chi connectivity index (χ4v) is 2.72. The maximum Gasteiger partial charge on any atom is 0.251 e. The molecule has 2 N–H and O–H groups in total. The quantitative estimate of drug-likeness (QED) is 0.873. The first-order valence-corrected chi connectivity index (χ1v) is 7.09. The number of hydrogen-bond donors (Lipinski definition) is 2. The second-order valence-corrected chi connectivity index (χ2v) is 5.25. The highest BCUT2D eigenvalue weighted by atomic mass is 16.5. The van der Waals surface area contributed by atoms with Crippen LogP contribution in [-0.4, -0.2) is 31.7 Å². The maximum atomic E-state index is 12.1. The number of nitrogens with one attached hydrogen (secondary N) is 2. The van der Waals surface area contributed by atoms with Gasteiger partial charge in [-0.05, 0) is 49.4 Å². The van der Waals surface area contributed by atoms with Crippen molar-refractivity contribution in [1.82, 2.24) is 5.32 Å². The number of rotatable bonds is 3. The predicted molar refractivity (Wildman–Crippen MR) is 74.6 cm³/mol. The predicted octanol–water partition coefficient (Wildman–Crippen LogP) is 1.95. The van der Waals surface area contributed by atoms with Crippen molar-refractivity contribution in [3.05, 3.63) is 29.3 Å². The summed E-state index contributed by atoms with van der Waals surface area (Å²) in [4.78, 5) is 12.1. The highest BCUT2D eigenvalue weighted by Crippen LogP contribution is 2.23. The fraction of sp³-hybridized carbons (Fsp3) is 0.533. The minimum Gasteiger partial charge on any atom is -0.384 e. The van der Waals surface area contributed by atoms with E-state index in [1.807, 2.05) is 18.2 Å². The van der Waals surface area contributed by atoms with Gasteiger partial charge in [0.2, 0.25) is 0 Å². The van der Waals surface area contributed by atoms with E-state index in [1.165, 1.54) is 12.0 Å². The summed E-state index contributed by atoms with van der Waals surface area (Å²) in [6, 6.07) is 5.87. The molecule has 2 heterocycles. The van der Waals surface area contributed by atoms with Crippen molar-refractivity contribution in [2.24, 2.45) is 0 Å². The second kappa shape index (κ2) is 5.61. The Hall–Kier alpha value is -1.55. The summed E-state index contributed by atoms with van der Waals surface area (Å²) < 4.78 is 5.61. The lowest BCUT2D eigenvalue weighted by Gasteiger charge is -2.22. The van der Waals surface area contributed by atoms with Gasteiger partial charge in [-0.25, -0.2) is 0 Å². The van der Waals surface area contributed by atoms with E-state index in [0.717, 1.165) is 43.7 Å². The molecule has 19 heavy (non-hydrogen) atoms. The Morgan fingerprint density at radius 2 is 2.37 bits per heavy atom. The van der Waals surface area contributed by atoms with Gasteiger partial charge in [-0.2, -0.15) is 0 Å². The zero-order valence-electron chi connectivity index (χ0n) is 11.1. The minimum atomic E-state index is 0.00359. The first kappa shape index (κ1) is 12.5. The van der Waals surface area contributed by atoms with Gasteiger partial charge in [0.05, 0.1) is 6.10 Å². The topological polar surface area (TPSA) is 50.4 Å². The normalized spacial score (nSPS) is 21.6. The Morgan fingerprint density at radius 1 is 1.42 bits per heavy atom. The van der Waals surface area contributed by atoms with E-state index in [-0.39, 0.29) is 12.0 Å². The van der Waals surface area contributed by atoms with Gasteiger partial charge >= 0.3 is 0 Å². The molecule has 1 aromatic carbocycles. The van der Waals surface area contributed by atoms with Crippen LogP contribution < -0.4 is 10.6 Å². The SMILES string of the molecule is O=C(NC[C@@H]1CCCCO1)c1ccc2c(c1)CCN2. The van der Waals surface area contributed by atoms with Crippen molar-refractivity contribution in [3.63, 3.8) is 0 Å². The van der Waals surface area contributed by atoms with E-state index in [1.54, 1.807) is 0 Å². The van der Waals surface area contributed by atoms with Gasteiger partial charge in [0.25, 0.3) is 5.91 Å². The molecule has 2 aliphatic rings. The van der Waals surface area contributed by atoms with E-state index in [9.17, 15) is 4.79 Å². The molecule has 1 amide bonds. The molecule has 0 radical (unpaired) electrons. The van der Waals surface area contributed by atoms with Crippen molar-refractivity contribution >= 4 is 11.6 Å². The lowest BCUT2D eigenvalue weighted by molar-refractivity contribution is 0.0169. The van der Waals surface area contributed by atoms with Crippen LogP contribution in [0.4, 0.5) is 5.69 Å². The van der Waals surface area contributed by atoms with Crippen LogP contribution >= 0.6 is 0 Å². The van der Waals surface area contributed by atoms with E-state index in [2.05, 4.69) is 10.6 Å². The van der Waals surface area contributed by atoms with Crippen LogP contribution in [0, 0.1) is 0 Å². The lowest BCUT2D eigenvalue weighted by atomic mass is 10.1. The summed E-state index contributed by atoms with van der Waals surface area (Å²) in [5, 5.41) is 6.27. The van der Waals surface area contributed by atoms with E-state index in [0.29, 0.717) is 6.54 Å². The minimum absolute atomic E-state index is 0.00359. The summed E-state index contributed by atoms with van der Waals surface area (Å²) in [5.41, 5.74) is 3.15. The van der Waals surface area contributed by atoms with Gasteiger partial charge in [0, 0.05) is 30.9 Å². The molecule has 0 aliphatic carbocycles. The summed E-state index contributed by atoms with van der Waals surface area (Å²) in [5.74, 6) is 0.00359. The molecule has 1 atom stereocenters. The van der Waals surface area contributed by atoms with Crippen LogP contribution in [0.5, 0.6) is 0 Å². The van der Waals surface area contributed by atoms with Crippen LogP contribution in [0.3, 0.4) is 0 Å². The molecular formula is C15H20N2O2. The van der Waals surface area contributed by atoms with Gasteiger partial charge in [0.1, 0.15) is 0 Å². The summed E-state index contributed by atoms with van der Waals surface area (Å²) >= 11 is 0. The third kappa shape index (κ3) is 2.89. The maximum absolute atomic E-state index is 12.1. The van der Waals surface area contributed by atoms with Gasteiger partial charge in [-0.15, -0.1) is 0 Å². The van der Waals surface area contributed by atoms with Crippen molar-refractivity contribution in [3.8, 4) is 0 Å². The zero-order chi connectivity index (χ0) is 13.1. The van der Waals surface area contributed by atoms with Crippen LogP contribution in [-0.2, 0) is 11.2 Å². The number of hydrogen-bond acceptors (Lipinski definition) is 3. The number of amides is 1. The average molecular weight is 260 g/mol. The van der Waals surface area contributed by atoms with Crippen molar-refractivity contribution < 1.29 is 9.53 Å². The standard InChI is InChI=1S/C15H20N2O2/c18-15(17-10-13-3-1-2-8-19-13)12-4-5-14-11(9-12)6-7-16-14/h4-5,9,13,16H,1-3,6-8,10H2,(H,17,18)/t13-/m0/s1. The molecule has 0 aromatic heterocycles. The molecule has 4 heteroatoms. The average Bonchev–Trinajstić information content (AvgIpc) is 2.93. The van der Waals surface area contributed by atoms with E-state index >= 15 is 0 Å². The van der Waals surface area contributed by atoms with Crippen LogP contribution in [0.1, 0.15) is 35.2 Å². The first-order chi connectivity index (χ1) is 9.33. The molecule has 1 aromatic rings. The first-order valence-electron chi connectivity index (χ1n) is 7.09. The van der Waals surface area contributed by atoms with Gasteiger partial charge in [-0.3, -0.25) is 4.79 Å². The fourth-order valence-electron chi connectivity index (χ4n) is 2.72. The molecule has 0 bridgehead atoms. The Labute approximate surface area is 113 Å². The van der Waals surface area contributed by atoms with E-state index in [4.69, 9.17) is 4.74 Å². The third-order valence-electron chi connectivity index (χ3n) is 3.84. The van der Waals surface area contributed by atoms with Crippen LogP contribution in [0.2, 0.25) is 0 Å². The number of carbonyl (C=O) groups is 1. The van der Waals surface area contributed by atoms with Crippen LogP contribution in [0.25, 0.3) is 0 Å². The van der Waals surface area contributed by atoms with Crippen molar-refractivity contribution in [1.29, 1.82) is 0 Å². The highest BCUT2D eigenvalue weighted by Gasteiger charge is 2.17. The second-order valence-electron chi connectivity index (χ2n) is 5.25. The van der Waals surface area contributed by atoms with Gasteiger partial charge in [0.15, 0.2) is 0 Å². The van der Waals surface area contributed by atoms with Gasteiger partial charge < -0.3 is 15.4 Å². The summed E-state index contributed by atoms with van der Waals surface area (Å²) in [7, 11) is 0. The molecule has 0 saturated carbocycles. The molecule has 4 nitrogen and oxygen atoms in total. The Bertz CT molecular complexity index is 467. The lowest BCUT2D eigenvalue weighted by Crippen LogP contribution is -2.35. The Morgan fingerprint density at radius 3 is 3.21 bits per heavy atom. The summed E-state index contributed by atoms with van der Waals surface area (Å²) in [6.45, 7) is 2.41.